The first-order chi connectivity index (χ1) is 10.6. The summed E-state index contributed by atoms with van der Waals surface area (Å²) in [5.74, 6) is -0.569. The SMILES string of the molecule is O=C(NCCc1ccc2oc(=O)[nH]c2c1)c1ccc(Br)cc1. The molecule has 0 fully saturated rings. The fourth-order valence-corrected chi connectivity index (χ4v) is 2.44. The standard InChI is InChI=1S/C16H13BrN2O3/c17-12-4-2-11(3-5-12)15(20)18-8-7-10-1-6-14-13(9-10)19-16(21)22-14/h1-6,9H,7-8H2,(H,18,20)(H,19,21). The maximum Gasteiger partial charge on any atom is 0.417 e. The van der Waals surface area contributed by atoms with Crippen molar-refractivity contribution in [3.8, 4) is 0 Å². The summed E-state index contributed by atoms with van der Waals surface area (Å²) >= 11 is 3.33. The summed E-state index contributed by atoms with van der Waals surface area (Å²) in [6, 6.07) is 12.7. The van der Waals surface area contributed by atoms with E-state index in [9.17, 15) is 9.59 Å². The topological polar surface area (TPSA) is 75.1 Å². The first kappa shape index (κ1) is 14.6. The molecule has 6 heteroatoms. The zero-order chi connectivity index (χ0) is 15.5. The minimum Gasteiger partial charge on any atom is -0.408 e. The minimum atomic E-state index is -0.462. The number of amides is 1. The van der Waals surface area contributed by atoms with Crippen molar-refractivity contribution in [1.29, 1.82) is 0 Å². The quantitative estimate of drug-likeness (QED) is 0.751. The summed E-state index contributed by atoms with van der Waals surface area (Å²) in [6.45, 7) is 0.516. The fraction of sp³-hybridized carbons (Fsp3) is 0.125. The molecule has 0 radical (unpaired) electrons. The Morgan fingerprint density at radius 1 is 1.18 bits per heavy atom. The molecule has 0 aliphatic carbocycles. The van der Waals surface area contributed by atoms with Crippen molar-refractivity contribution in [2.24, 2.45) is 0 Å². The van der Waals surface area contributed by atoms with Gasteiger partial charge < -0.3 is 9.73 Å². The van der Waals surface area contributed by atoms with Crippen LogP contribution in [0.1, 0.15) is 15.9 Å². The van der Waals surface area contributed by atoms with E-state index in [0.29, 0.717) is 29.6 Å². The van der Waals surface area contributed by atoms with Crippen LogP contribution in [0.15, 0.2) is 56.1 Å². The van der Waals surface area contributed by atoms with Gasteiger partial charge in [0, 0.05) is 16.6 Å². The van der Waals surface area contributed by atoms with E-state index in [2.05, 4.69) is 26.2 Å². The van der Waals surface area contributed by atoms with Crippen molar-refractivity contribution in [3.63, 3.8) is 0 Å². The van der Waals surface area contributed by atoms with E-state index in [1.165, 1.54) is 0 Å². The third-order valence-corrected chi connectivity index (χ3v) is 3.82. The van der Waals surface area contributed by atoms with Crippen molar-refractivity contribution < 1.29 is 9.21 Å². The number of halogens is 1. The Labute approximate surface area is 134 Å². The minimum absolute atomic E-state index is 0.106. The maximum absolute atomic E-state index is 12.0. The number of hydrogen-bond donors (Lipinski definition) is 2. The van der Waals surface area contributed by atoms with Crippen LogP contribution in [0, 0.1) is 0 Å². The fourth-order valence-electron chi connectivity index (χ4n) is 2.18. The summed E-state index contributed by atoms with van der Waals surface area (Å²) in [6.07, 6.45) is 0.672. The summed E-state index contributed by atoms with van der Waals surface area (Å²) in [4.78, 5) is 25.7. The number of carbonyl (C=O) groups excluding carboxylic acids is 1. The van der Waals surface area contributed by atoms with Crippen LogP contribution < -0.4 is 11.1 Å². The van der Waals surface area contributed by atoms with Gasteiger partial charge in [0.1, 0.15) is 0 Å². The van der Waals surface area contributed by atoms with E-state index in [-0.39, 0.29) is 5.91 Å². The van der Waals surface area contributed by atoms with E-state index >= 15 is 0 Å². The van der Waals surface area contributed by atoms with E-state index in [1.807, 2.05) is 24.3 Å². The van der Waals surface area contributed by atoms with E-state index < -0.39 is 5.76 Å². The van der Waals surface area contributed by atoms with Gasteiger partial charge in [-0.1, -0.05) is 22.0 Å². The van der Waals surface area contributed by atoms with Crippen LogP contribution in [0.5, 0.6) is 0 Å². The number of aromatic amines is 1. The van der Waals surface area contributed by atoms with Crippen molar-refractivity contribution in [3.05, 3.63) is 68.6 Å². The van der Waals surface area contributed by atoms with E-state index in [4.69, 9.17) is 4.42 Å². The molecule has 3 rings (SSSR count). The number of benzene rings is 2. The molecule has 0 atom stereocenters. The molecule has 0 bridgehead atoms. The molecule has 0 unspecified atom stereocenters. The number of hydrogen-bond acceptors (Lipinski definition) is 3. The van der Waals surface area contributed by atoms with Gasteiger partial charge in [-0.3, -0.25) is 9.78 Å². The number of aromatic nitrogens is 1. The molecule has 22 heavy (non-hydrogen) atoms. The van der Waals surface area contributed by atoms with Crippen LogP contribution in [-0.4, -0.2) is 17.4 Å². The van der Waals surface area contributed by atoms with Crippen molar-refractivity contribution >= 4 is 32.9 Å². The van der Waals surface area contributed by atoms with Gasteiger partial charge in [0.05, 0.1) is 5.52 Å². The van der Waals surface area contributed by atoms with Crippen molar-refractivity contribution in [2.45, 2.75) is 6.42 Å². The predicted octanol–water partition coefficient (Wildman–Crippen LogP) is 2.86. The molecule has 0 saturated heterocycles. The largest absolute Gasteiger partial charge is 0.417 e. The molecule has 2 aromatic carbocycles. The Bertz CT molecular complexity index is 865. The van der Waals surface area contributed by atoms with Crippen molar-refractivity contribution in [1.82, 2.24) is 10.3 Å². The van der Waals surface area contributed by atoms with Crippen LogP contribution in [0.3, 0.4) is 0 Å². The maximum atomic E-state index is 12.0. The molecule has 1 aromatic heterocycles. The van der Waals surface area contributed by atoms with Crippen LogP contribution in [-0.2, 0) is 6.42 Å². The van der Waals surface area contributed by atoms with E-state index in [1.54, 1.807) is 18.2 Å². The molecule has 0 aliphatic heterocycles. The highest BCUT2D eigenvalue weighted by molar-refractivity contribution is 9.10. The first-order valence-corrected chi connectivity index (χ1v) is 7.56. The molecular formula is C16H13BrN2O3. The summed E-state index contributed by atoms with van der Waals surface area (Å²) in [7, 11) is 0. The molecule has 2 N–H and O–H groups in total. The highest BCUT2D eigenvalue weighted by Crippen LogP contribution is 2.13. The van der Waals surface area contributed by atoms with Gasteiger partial charge in [0.15, 0.2) is 5.58 Å². The lowest BCUT2D eigenvalue weighted by molar-refractivity contribution is 0.0954. The Balaban J connectivity index is 1.60. The highest BCUT2D eigenvalue weighted by Gasteiger charge is 2.05. The van der Waals surface area contributed by atoms with Crippen LogP contribution in [0.25, 0.3) is 11.1 Å². The van der Waals surface area contributed by atoms with Gasteiger partial charge in [0.25, 0.3) is 5.91 Å². The highest BCUT2D eigenvalue weighted by atomic mass is 79.9. The zero-order valence-electron chi connectivity index (χ0n) is 11.6. The van der Waals surface area contributed by atoms with Crippen LogP contribution in [0.4, 0.5) is 0 Å². The summed E-state index contributed by atoms with van der Waals surface area (Å²) in [5, 5.41) is 2.87. The Morgan fingerprint density at radius 2 is 1.95 bits per heavy atom. The Hall–Kier alpha value is -2.34. The normalized spacial score (nSPS) is 10.8. The lowest BCUT2D eigenvalue weighted by Gasteiger charge is -2.05. The number of H-pyrrole nitrogens is 1. The summed E-state index contributed by atoms with van der Waals surface area (Å²) in [5.41, 5.74) is 2.84. The molecule has 0 aliphatic rings. The van der Waals surface area contributed by atoms with Gasteiger partial charge >= 0.3 is 5.76 Å². The van der Waals surface area contributed by atoms with Gasteiger partial charge in [-0.15, -0.1) is 0 Å². The molecule has 0 spiro atoms. The molecule has 5 nitrogen and oxygen atoms in total. The summed E-state index contributed by atoms with van der Waals surface area (Å²) < 4.78 is 5.88. The Morgan fingerprint density at radius 3 is 2.73 bits per heavy atom. The van der Waals surface area contributed by atoms with Crippen LogP contribution in [0.2, 0.25) is 0 Å². The smallest absolute Gasteiger partial charge is 0.408 e. The number of nitrogens with one attached hydrogen (secondary N) is 2. The average molecular weight is 361 g/mol. The second-order valence-corrected chi connectivity index (χ2v) is 5.77. The molecule has 112 valence electrons. The first-order valence-electron chi connectivity index (χ1n) is 6.77. The monoisotopic (exact) mass is 360 g/mol. The molecule has 3 aromatic rings. The van der Waals surface area contributed by atoms with Gasteiger partial charge in [-0.25, -0.2) is 4.79 Å². The predicted molar refractivity (Wildman–Crippen MR) is 87.0 cm³/mol. The molecular weight excluding hydrogens is 348 g/mol. The number of oxazole rings is 1. The third-order valence-electron chi connectivity index (χ3n) is 3.29. The zero-order valence-corrected chi connectivity index (χ0v) is 13.1. The third kappa shape index (κ3) is 3.28. The number of carbonyl (C=O) groups is 1. The van der Waals surface area contributed by atoms with Gasteiger partial charge in [0.2, 0.25) is 0 Å². The number of rotatable bonds is 4. The van der Waals surface area contributed by atoms with Crippen molar-refractivity contribution in [2.75, 3.05) is 6.54 Å². The van der Waals surface area contributed by atoms with E-state index in [0.717, 1.165) is 10.0 Å². The molecule has 1 heterocycles. The lowest BCUT2D eigenvalue weighted by atomic mass is 10.1. The average Bonchev–Trinajstić information content (AvgIpc) is 2.87. The second-order valence-electron chi connectivity index (χ2n) is 4.86. The van der Waals surface area contributed by atoms with Gasteiger partial charge in [-0.05, 0) is 48.4 Å². The van der Waals surface area contributed by atoms with Crippen LogP contribution >= 0.6 is 15.9 Å². The Kier molecular flexibility index (Phi) is 4.11. The van der Waals surface area contributed by atoms with Gasteiger partial charge in [-0.2, -0.15) is 0 Å². The lowest BCUT2D eigenvalue weighted by Crippen LogP contribution is -2.25. The second kappa shape index (κ2) is 6.19. The molecule has 1 amide bonds. The molecule has 0 saturated carbocycles. The number of fused-ring (bicyclic) bond motifs is 1.